The molecule has 3 amide bonds. The first kappa shape index (κ1) is 17.3. The number of amides is 3. The molecule has 6 heteroatoms. The van der Waals surface area contributed by atoms with Gasteiger partial charge in [-0.05, 0) is 30.5 Å². The fourth-order valence-electron chi connectivity index (χ4n) is 2.40. The number of morpholine rings is 1. The Balaban J connectivity index is 2.08. The van der Waals surface area contributed by atoms with E-state index >= 15 is 0 Å². The van der Waals surface area contributed by atoms with Gasteiger partial charge < -0.3 is 20.3 Å². The molecule has 1 saturated heterocycles. The predicted octanol–water partition coefficient (Wildman–Crippen LogP) is 2.24. The monoisotopic (exact) mass is 319 g/mol. The van der Waals surface area contributed by atoms with Crippen LogP contribution in [0.1, 0.15) is 29.8 Å². The van der Waals surface area contributed by atoms with Crippen LogP contribution in [0, 0.1) is 12.8 Å². The average molecular weight is 319 g/mol. The summed E-state index contributed by atoms with van der Waals surface area (Å²) < 4.78 is 5.28. The Labute approximate surface area is 137 Å². The third-order valence-corrected chi connectivity index (χ3v) is 3.78. The molecule has 1 heterocycles. The summed E-state index contributed by atoms with van der Waals surface area (Å²) in [4.78, 5) is 26.3. The summed E-state index contributed by atoms with van der Waals surface area (Å²) in [6.07, 6.45) is 0. The molecule has 2 rings (SSSR count). The normalized spacial score (nSPS) is 14.7. The first-order valence-electron chi connectivity index (χ1n) is 8.00. The van der Waals surface area contributed by atoms with Gasteiger partial charge in [-0.3, -0.25) is 4.79 Å². The number of nitrogens with zero attached hydrogens (tertiary/aromatic N) is 1. The second kappa shape index (κ2) is 7.97. The Kier molecular flexibility index (Phi) is 5.98. The minimum absolute atomic E-state index is 0.0166. The fraction of sp³-hybridized carbons (Fsp3) is 0.529. The standard InChI is InChI=1S/C17H25N3O3/c1-12(2)11-18-17(22)19-15-6-4-5-14(13(15)3)16(21)20-7-9-23-10-8-20/h4-6,12H,7-11H2,1-3H3,(H2,18,19,22). The molecule has 0 spiro atoms. The van der Waals surface area contributed by atoms with E-state index in [2.05, 4.69) is 10.6 Å². The molecule has 6 nitrogen and oxygen atoms in total. The predicted molar refractivity (Wildman–Crippen MR) is 89.8 cm³/mol. The largest absolute Gasteiger partial charge is 0.378 e. The fourth-order valence-corrected chi connectivity index (χ4v) is 2.40. The molecule has 126 valence electrons. The van der Waals surface area contributed by atoms with Gasteiger partial charge >= 0.3 is 6.03 Å². The molecular formula is C17H25N3O3. The smallest absolute Gasteiger partial charge is 0.319 e. The summed E-state index contributed by atoms with van der Waals surface area (Å²) in [7, 11) is 0. The molecule has 1 aliphatic rings. The first-order valence-corrected chi connectivity index (χ1v) is 8.00. The van der Waals surface area contributed by atoms with Gasteiger partial charge in [0.25, 0.3) is 5.91 Å². The third kappa shape index (κ3) is 4.69. The zero-order chi connectivity index (χ0) is 16.8. The van der Waals surface area contributed by atoms with E-state index in [-0.39, 0.29) is 11.9 Å². The zero-order valence-corrected chi connectivity index (χ0v) is 14.0. The average Bonchev–Trinajstić information content (AvgIpc) is 2.55. The van der Waals surface area contributed by atoms with Gasteiger partial charge in [0.1, 0.15) is 0 Å². The van der Waals surface area contributed by atoms with Crippen molar-refractivity contribution in [2.24, 2.45) is 5.92 Å². The summed E-state index contributed by atoms with van der Waals surface area (Å²) >= 11 is 0. The molecule has 1 fully saturated rings. The van der Waals surface area contributed by atoms with Crippen LogP contribution in [0.4, 0.5) is 10.5 Å². The van der Waals surface area contributed by atoms with Crippen molar-refractivity contribution in [3.63, 3.8) is 0 Å². The maximum atomic E-state index is 12.6. The maximum Gasteiger partial charge on any atom is 0.319 e. The summed E-state index contributed by atoms with van der Waals surface area (Å²) in [5, 5.41) is 5.63. The van der Waals surface area contributed by atoms with Gasteiger partial charge in [0.05, 0.1) is 13.2 Å². The van der Waals surface area contributed by atoms with E-state index in [1.165, 1.54) is 0 Å². The van der Waals surface area contributed by atoms with Gasteiger partial charge in [-0.1, -0.05) is 19.9 Å². The zero-order valence-electron chi connectivity index (χ0n) is 14.0. The molecule has 0 saturated carbocycles. The van der Waals surface area contributed by atoms with E-state index in [1.54, 1.807) is 23.1 Å². The van der Waals surface area contributed by atoms with Crippen LogP contribution in [0.2, 0.25) is 0 Å². The summed E-state index contributed by atoms with van der Waals surface area (Å²) in [5.74, 6) is 0.369. The van der Waals surface area contributed by atoms with Crippen molar-refractivity contribution in [3.05, 3.63) is 29.3 Å². The quantitative estimate of drug-likeness (QED) is 0.894. The number of anilines is 1. The highest BCUT2D eigenvalue weighted by atomic mass is 16.5. The van der Waals surface area contributed by atoms with Crippen LogP contribution in [0.3, 0.4) is 0 Å². The highest BCUT2D eigenvalue weighted by Gasteiger charge is 2.21. The molecule has 2 N–H and O–H groups in total. The summed E-state index contributed by atoms with van der Waals surface area (Å²) in [5.41, 5.74) is 2.06. The highest BCUT2D eigenvalue weighted by molar-refractivity contribution is 5.99. The molecule has 1 aliphatic heterocycles. The lowest BCUT2D eigenvalue weighted by Gasteiger charge is -2.27. The Morgan fingerprint density at radius 3 is 2.61 bits per heavy atom. The van der Waals surface area contributed by atoms with Crippen LogP contribution < -0.4 is 10.6 Å². The number of ether oxygens (including phenoxy) is 1. The van der Waals surface area contributed by atoms with E-state index in [4.69, 9.17) is 4.74 Å². The van der Waals surface area contributed by atoms with Crippen molar-refractivity contribution < 1.29 is 14.3 Å². The van der Waals surface area contributed by atoms with Crippen LogP contribution >= 0.6 is 0 Å². The molecule has 0 bridgehead atoms. The van der Waals surface area contributed by atoms with Gasteiger partial charge in [0, 0.05) is 30.9 Å². The number of hydrogen-bond acceptors (Lipinski definition) is 3. The lowest BCUT2D eigenvalue weighted by molar-refractivity contribution is 0.0302. The molecule has 0 atom stereocenters. The van der Waals surface area contributed by atoms with Crippen molar-refractivity contribution in [3.8, 4) is 0 Å². The van der Waals surface area contributed by atoms with Crippen molar-refractivity contribution in [1.82, 2.24) is 10.2 Å². The molecule has 0 radical (unpaired) electrons. The maximum absolute atomic E-state index is 12.6. The first-order chi connectivity index (χ1) is 11.0. The number of carbonyl (C=O) groups excluding carboxylic acids is 2. The second-order valence-electron chi connectivity index (χ2n) is 6.11. The van der Waals surface area contributed by atoms with Crippen molar-refractivity contribution in [2.75, 3.05) is 38.2 Å². The van der Waals surface area contributed by atoms with Gasteiger partial charge in [0.2, 0.25) is 0 Å². The van der Waals surface area contributed by atoms with Crippen LogP contribution in [-0.2, 0) is 4.74 Å². The topological polar surface area (TPSA) is 70.7 Å². The number of nitrogens with one attached hydrogen (secondary N) is 2. The number of urea groups is 1. The number of hydrogen-bond donors (Lipinski definition) is 2. The van der Waals surface area contributed by atoms with E-state index in [0.717, 1.165) is 5.56 Å². The third-order valence-electron chi connectivity index (χ3n) is 3.78. The Morgan fingerprint density at radius 2 is 1.96 bits per heavy atom. The van der Waals surface area contributed by atoms with Gasteiger partial charge in [-0.15, -0.1) is 0 Å². The molecule has 1 aromatic rings. The van der Waals surface area contributed by atoms with E-state index in [0.29, 0.717) is 50.0 Å². The number of benzene rings is 1. The van der Waals surface area contributed by atoms with E-state index in [9.17, 15) is 9.59 Å². The van der Waals surface area contributed by atoms with Gasteiger partial charge in [-0.2, -0.15) is 0 Å². The molecule has 0 aromatic heterocycles. The van der Waals surface area contributed by atoms with Crippen LogP contribution in [0.5, 0.6) is 0 Å². The van der Waals surface area contributed by atoms with Gasteiger partial charge in [0.15, 0.2) is 0 Å². The Hall–Kier alpha value is -2.08. The molecular weight excluding hydrogens is 294 g/mol. The van der Waals surface area contributed by atoms with Crippen molar-refractivity contribution >= 4 is 17.6 Å². The molecule has 1 aromatic carbocycles. The second-order valence-corrected chi connectivity index (χ2v) is 6.11. The van der Waals surface area contributed by atoms with Crippen LogP contribution in [0.15, 0.2) is 18.2 Å². The lowest BCUT2D eigenvalue weighted by Crippen LogP contribution is -2.41. The molecule has 23 heavy (non-hydrogen) atoms. The minimum atomic E-state index is -0.252. The van der Waals surface area contributed by atoms with Crippen LogP contribution in [0.25, 0.3) is 0 Å². The Morgan fingerprint density at radius 1 is 1.26 bits per heavy atom. The lowest BCUT2D eigenvalue weighted by atomic mass is 10.1. The van der Waals surface area contributed by atoms with Crippen LogP contribution in [-0.4, -0.2) is 49.7 Å². The summed E-state index contributed by atoms with van der Waals surface area (Å²) in [6.45, 7) is 8.87. The van der Waals surface area contributed by atoms with E-state index < -0.39 is 0 Å². The Bertz CT molecular complexity index is 566. The van der Waals surface area contributed by atoms with Crippen molar-refractivity contribution in [2.45, 2.75) is 20.8 Å². The minimum Gasteiger partial charge on any atom is -0.378 e. The highest BCUT2D eigenvalue weighted by Crippen LogP contribution is 2.21. The van der Waals surface area contributed by atoms with E-state index in [1.807, 2.05) is 20.8 Å². The van der Waals surface area contributed by atoms with Crippen molar-refractivity contribution in [1.29, 1.82) is 0 Å². The number of rotatable bonds is 4. The van der Waals surface area contributed by atoms with Gasteiger partial charge in [-0.25, -0.2) is 4.79 Å². The molecule has 0 unspecified atom stereocenters. The number of carbonyl (C=O) groups is 2. The SMILES string of the molecule is Cc1c(NC(=O)NCC(C)C)cccc1C(=O)N1CCOCC1. The summed E-state index contributed by atoms with van der Waals surface area (Å²) in [6, 6.07) is 5.14. The molecule has 0 aliphatic carbocycles.